The minimum Gasteiger partial charge on any atom is -0.496 e. The van der Waals surface area contributed by atoms with Crippen LogP contribution >= 0.6 is 0 Å². The minimum atomic E-state index is -0.175. The molecule has 0 radical (unpaired) electrons. The van der Waals surface area contributed by atoms with Crippen molar-refractivity contribution in [2.75, 3.05) is 12.8 Å². The molecule has 1 rings (SSSR count). The van der Waals surface area contributed by atoms with Crippen molar-refractivity contribution < 1.29 is 9.53 Å². The molecule has 0 aliphatic rings. The van der Waals surface area contributed by atoms with Crippen molar-refractivity contribution >= 4 is 11.6 Å². The Kier molecular flexibility index (Phi) is 5.01. The van der Waals surface area contributed by atoms with Gasteiger partial charge < -0.3 is 15.8 Å². The van der Waals surface area contributed by atoms with Gasteiger partial charge in [-0.25, -0.2) is 0 Å². The van der Waals surface area contributed by atoms with Crippen LogP contribution in [0, 0.1) is 5.92 Å². The molecule has 1 atom stereocenters. The van der Waals surface area contributed by atoms with E-state index in [2.05, 4.69) is 26.1 Å². The van der Waals surface area contributed by atoms with Gasteiger partial charge >= 0.3 is 0 Å². The second kappa shape index (κ2) is 6.28. The lowest BCUT2D eigenvalue weighted by Crippen LogP contribution is -2.38. The normalized spacial score (nSPS) is 12.3. The molecule has 0 aliphatic carbocycles. The number of anilines is 1. The first-order valence-corrected chi connectivity index (χ1v) is 6.24. The molecule has 1 aromatic rings. The second-order valence-corrected chi connectivity index (χ2v) is 4.66. The van der Waals surface area contributed by atoms with Gasteiger partial charge in [-0.05, 0) is 24.5 Å². The van der Waals surface area contributed by atoms with Crippen LogP contribution in [-0.4, -0.2) is 19.1 Å². The number of ether oxygens (including phenoxy) is 1. The van der Waals surface area contributed by atoms with Gasteiger partial charge in [-0.1, -0.05) is 26.8 Å². The van der Waals surface area contributed by atoms with E-state index in [1.165, 1.54) is 7.11 Å². The number of rotatable bonds is 5. The maximum atomic E-state index is 12.2. The highest BCUT2D eigenvalue weighted by atomic mass is 16.5. The van der Waals surface area contributed by atoms with Crippen LogP contribution in [0.2, 0.25) is 0 Å². The van der Waals surface area contributed by atoms with Crippen LogP contribution in [0.1, 0.15) is 37.6 Å². The molecule has 0 bridgehead atoms. The van der Waals surface area contributed by atoms with Gasteiger partial charge in [0.25, 0.3) is 5.91 Å². The van der Waals surface area contributed by atoms with E-state index in [1.54, 1.807) is 18.2 Å². The van der Waals surface area contributed by atoms with Crippen LogP contribution in [0.5, 0.6) is 5.75 Å². The molecule has 0 aliphatic heterocycles. The van der Waals surface area contributed by atoms with Crippen molar-refractivity contribution in [1.82, 2.24) is 5.32 Å². The SMILES string of the molecule is CCC(NC(=O)c1c(N)cccc1OC)C(C)C. The number of carbonyl (C=O) groups excluding carboxylic acids is 1. The summed E-state index contributed by atoms with van der Waals surface area (Å²) in [6, 6.07) is 5.35. The summed E-state index contributed by atoms with van der Waals surface area (Å²) >= 11 is 0. The molecule has 0 saturated carbocycles. The minimum absolute atomic E-state index is 0.141. The lowest BCUT2D eigenvalue weighted by Gasteiger charge is -2.21. The molecule has 4 heteroatoms. The van der Waals surface area contributed by atoms with Gasteiger partial charge in [-0.2, -0.15) is 0 Å². The fraction of sp³-hybridized carbons (Fsp3) is 0.500. The number of methoxy groups -OCH3 is 1. The average molecular weight is 250 g/mol. The number of nitrogens with one attached hydrogen (secondary N) is 1. The zero-order valence-corrected chi connectivity index (χ0v) is 11.5. The summed E-state index contributed by atoms with van der Waals surface area (Å²) in [7, 11) is 1.53. The Morgan fingerprint density at radius 1 is 1.44 bits per heavy atom. The van der Waals surface area contributed by atoms with E-state index in [0.717, 1.165) is 6.42 Å². The van der Waals surface area contributed by atoms with Crippen molar-refractivity contribution in [3.8, 4) is 5.75 Å². The Morgan fingerprint density at radius 2 is 2.11 bits per heavy atom. The molecule has 1 aromatic carbocycles. The topological polar surface area (TPSA) is 64.4 Å². The van der Waals surface area contributed by atoms with Crippen molar-refractivity contribution in [3.63, 3.8) is 0 Å². The van der Waals surface area contributed by atoms with Gasteiger partial charge in [-0.3, -0.25) is 4.79 Å². The highest BCUT2D eigenvalue weighted by Gasteiger charge is 2.20. The third-order valence-corrected chi connectivity index (χ3v) is 3.07. The Morgan fingerprint density at radius 3 is 2.61 bits per heavy atom. The number of hydrogen-bond acceptors (Lipinski definition) is 3. The van der Waals surface area contributed by atoms with Crippen molar-refractivity contribution in [2.45, 2.75) is 33.2 Å². The second-order valence-electron chi connectivity index (χ2n) is 4.66. The first kappa shape index (κ1) is 14.4. The molecule has 1 amide bonds. The Labute approximate surface area is 109 Å². The van der Waals surface area contributed by atoms with Crippen LogP contribution in [0.4, 0.5) is 5.69 Å². The molecule has 0 aromatic heterocycles. The fourth-order valence-corrected chi connectivity index (χ4v) is 1.94. The molecule has 1 unspecified atom stereocenters. The lowest BCUT2D eigenvalue weighted by atomic mass is 10.0. The number of nitrogens with two attached hydrogens (primary N) is 1. The molecule has 4 nitrogen and oxygen atoms in total. The Bertz CT molecular complexity index is 416. The third-order valence-electron chi connectivity index (χ3n) is 3.07. The van der Waals surface area contributed by atoms with E-state index in [4.69, 9.17) is 10.5 Å². The van der Waals surface area contributed by atoms with Gasteiger partial charge in [0.1, 0.15) is 11.3 Å². The number of amides is 1. The molecule has 0 saturated heterocycles. The summed E-state index contributed by atoms with van der Waals surface area (Å²) in [4.78, 5) is 12.2. The van der Waals surface area contributed by atoms with Crippen LogP contribution in [0.15, 0.2) is 18.2 Å². The number of hydrogen-bond donors (Lipinski definition) is 2. The molecule has 18 heavy (non-hydrogen) atoms. The van der Waals surface area contributed by atoms with E-state index in [0.29, 0.717) is 22.9 Å². The van der Waals surface area contributed by atoms with E-state index < -0.39 is 0 Å². The fourth-order valence-electron chi connectivity index (χ4n) is 1.94. The van der Waals surface area contributed by atoms with Gasteiger partial charge in [0.2, 0.25) is 0 Å². The predicted molar refractivity (Wildman–Crippen MR) is 73.8 cm³/mol. The first-order valence-electron chi connectivity index (χ1n) is 6.24. The van der Waals surface area contributed by atoms with Crippen LogP contribution < -0.4 is 15.8 Å². The molecule has 0 heterocycles. The standard InChI is InChI=1S/C14H22N2O2/c1-5-11(9(2)3)16-14(17)13-10(15)7-6-8-12(13)18-4/h6-9,11H,5,15H2,1-4H3,(H,16,17). The lowest BCUT2D eigenvalue weighted by molar-refractivity contribution is 0.0922. The quantitative estimate of drug-likeness (QED) is 0.789. The average Bonchev–Trinajstić information content (AvgIpc) is 2.34. The van der Waals surface area contributed by atoms with E-state index in [1.807, 2.05) is 0 Å². The third kappa shape index (κ3) is 3.15. The van der Waals surface area contributed by atoms with Crippen LogP contribution in [0.3, 0.4) is 0 Å². The Hall–Kier alpha value is -1.71. The van der Waals surface area contributed by atoms with Crippen molar-refractivity contribution in [3.05, 3.63) is 23.8 Å². The summed E-state index contributed by atoms with van der Waals surface area (Å²) in [6.07, 6.45) is 0.887. The maximum absolute atomic E-state index is 12.2. The number of carbonyl (C=O) groups is 1. The molecule has 0 spiro atoms. The molecular formula is C14H22N2O2. The molecule has 0 fully saturated rings. The zero-order valence-electron chi connectivity index (χ0n) is 11.5. The molecular weight excluding hydrogens is 228 g/mol. The van der Waals surface area contributed by atoms with E-state index in [-0.39, 0.29) is 11.9 Å². The number of benzene rings is 1. The monoisotopic (exact) mass is 250 g/mol. The molecule has 100 valence electrons. The summed E-state index contributed by atoms with van der Waals surface area (Å²) < 4.78 is 5.18. The predicted octanol–water partition coefficient (Wildman–Crippen LogP) is 2.44. The number of nitrogen functional groups attached to an aromatic ring is 1. The first-order chi connectivity index (χ1) is 8.51. The van der Waals surface area contributed by atoms with E-state index >= 15 is 0 Å². The largest absolute Gasteiger partial charge is 0.496 e. The Balaban J connectivity index is 2.97. The van der Waals surface area contributed by atoms with Gasteiger partial charge in [0, 0.05) is 11.7 Å². The summed E-state index contributed by atoms with van der Waals surface area (Å²) in [5.41, 5.74) is 6.70. The van der Waals surface area contributed by atoms with Crippen molar-refractivity contribution in [2.24, 2.45) is 5.92 Å². The summed E-state index contributed by atoms with van der Waals surface area (Å²) in [5, 5.41) is 3.00. The molecule has 3 N–H and O–H groups in total. The van der Waals surface area contributed by atoms with Gasteiger partial charge in [0.15, 0.2) is 0 Å². The van der Waals surface area contributed by atoms with Gasteiger partial charge in [-0.15, -0.1) is 0 Å². The summed E-state index contributed by atoms with van der Waals surface area (Å²) in [5.74, 6) is 0.714. The van der Waals surface area contributed by atoms with Crippen LogP contribution in [-0.2, 0) is 0 Å². The van der Waals surface area contributed by atoms with E-state index in [9.17, 15) is 4.79 Å². The smallest absolute Gasteiger partial charge is 0.257 e. The summed E-state index contributed by atoms with van der Waals surface area (Å²) in [6.45, 7) is 6.22. The van der Waals surface area contributed by atoms with Gasteiger partial charge in [0.05, 0.1) is 7.11 Å². The zero-order chi connectivity index (χ0) is 13.7. The van der Waals surface area contributed by atoms with Crippen LogP contribution in [0.25, 0.3) is 0 Å². The maximum Gasteiger partial charge on any atom is 0.257 e. The highest BCUT2D eigenvalue weighted by molar-refractivity contribution is 6.02. The highest BCUT2D eigenvalue weighted by Crippen LogP contribution is 2.24. The van der Waals surface area contributed by atoms with Crippen molar-refractivity contribution in [1.29, 1.82) is 0 Å².